The van der Waals surface area contributed by atoms with Gasteiger partial charge >= 0.3 is 0 Å². The average Bonchev–Trinajstić information content (AvgIpc) is 2.90. The van der Waals surface area contributed by atoms with E-state index in [9.17, 15) is 9.59 Å². The molecule has 0 saturated carbocycles. The maximum atomic E-state index is 12.0. The van der Waals surface area contributed by atoms with Gasteiger partial charge in [0, 0.05) is 31.7 Å². The molecule has 1 aromatic rings. The van der Waals surface area contributed by atoms with Crippen molar-refractivity contribution in [1.82, 2.24) is 0 Å². The Morgan fingerprint density at radius 2 is 2.00 bits per heavy atom. The minimum atomic E-state index is -0.466. The van der Waals surface area contributed by atoms with Crippen LogP contribution >= 0.6 is 23.2 Å². The molecule has 2 heterocycles. The molecule has 0 aromatic heterocycles. The maximum absolute atomic E-state index is 12.0. The van der Waals surface area contributed by atoms with E-state index < -0.39 is 11.2 Å². The number of halogens is 2. The number of ether oxygens (including phenoxy) is 1. The zero-order valence-corrected chi connectivity index (χ0v) is 13.4. The van der Waals surface area contributed by atoms with Gasteiger partial charge in [-0.15, -0.1) is 0 Å². The summed E-state index contributed by atoms with van der Waals surface area (Å²) < 4.78 is 5.33. The van der Waals surface area contributed by atoms with Gasteiger partial charge in [0.2, 0.25) is 11.1 Å². The van der Waals surface area contributed by atoms with Crippen LogP contribution in [0.25, 0.3) is 0 Å². The quantitative estimate of drug-likeness (QED) is 0.791. The zero-order chi connectivity index (χ0) is 15.7. The van der Waals surface area contributed by atoms with Crippen LogP contribution in [0.15, 0.2) is 18.2 Å². The highest BCUT2D eigenvalue weighted by Gasteiger charge is 2.34. The molecule has 1 amide bonds. The van der Waals surface area contributed by atoms with Crippen molar-refractivity contribution < 1.29 is 14.3 Å². The minimum Gasteiger partial charge on any atom is -0.378 e. The normalized spacial score (nSPS) is 22.3. The summed E-state index contributed by atoms with van der Waals surface area (Å²) in [7, 11) is 0. The van der Waals surface area contributed by atoms with Crippen molar-refractivity contribution in [1.29, 1.82) is 0 Å². The molecule has 22 heavy (non-hydrogen) atoms. The highest BCUT2D eigenvalue weighted by atomic mass is 35.5. The highest BCUT2D eigenvalue weighted by Crippen LogP contribution is 2.33. The molecule has 3 rings (SSSR count). The number of carbonyl (C=O) groups is 2. The number of carbonyl (C=O) groups excluding carboxylic acids is 2. The summed E-state index contributed by atoms with van der Waals surface area (Å²) in [6.45, 7) is 3.27. The van der Waals surface area contributed by atoms with Crippen LogP contribution in [0.3, 0.4) is 0 Å². The molecule has 2 aliphatic heterocycles. The van der Waals surface area contributed by atoms with E-state index in [0.29, 0.717) is 30.5 Å². The molecule has 0 N–H and O–H groups in total. The molecule has 0 spiro atoms. The van der Waals surface area contributed by atoms with Crippen LogP contribution in [0.2, 0.25) is 5.02 Å². The molecule has 1 atom stereocenters. The SMILES string of the molecule is O=C(Cl)[C@@H]1CC(=O)N(c2ccc(N3CCOCC3)c(Cl)c2)C1. The van der Waals surface area contributed by atoms with Gasteiger partial charge in [0.05, 0.1) is 29.8 Å². The molecule has 2 aliphatic rings. The molecule has 5 nitrogen and oxygen atoms in total. The van der Waals surface area contributed by atoms with Crippen LogP contribution in [-0.4, -0.2) is 44.0 Å². The Balaban J connectivity index is 1.80. The van der Waals surface area contributed by atoms with E-state index in [1.54, 1.807) is 11.0 Å². The van der Waals surface area contributed by atoms with Crippen LogP contribution < -0.4 is 9.80 Å². The fraction of sp³-hybridized carbons (Fsp3) is 0.467. The lowest BCUT2D eigenvalue weighted by Gasteiger charge is -2.30. The van der Waals surface area contributed by atoms with Gasteiger partial charge in [-0.2, -0.15) is 0 Å². The second kappa shape index (κ2) is 6.44. The number of amides is 1. The molecule has 0 bridgehead atoms. The standard InChI is InChI=1S/C15H16Cl2N2O3/c16-12-8-11(19-9-10(15(17)21)7-14(19)20)1-2-13(12)18-3-5-22-6-4-18/h1-2,8,10H,3-7,9H2/t10-/m1/s1. The van der Waals surface area contributed by atoms with Crippen molar-refractivity contribution in [2.75, 3.05) is 42.6 Å². The third-order valence-corrected chi connectivity index (χ3v) is 4.65. The average molecular weight is 343 g/mol. The van der Waals surface area contributed by atoms with Gasteiger partial charge in [0.1, 0.15) is 0 Å². The molecule has 0 aliphatic carbocycles. The molecular formula is C15H16Cl2N2O3. The van der Waals surface area contributed by atoms with E-state index in [-0.39, 0.29) is 12.3 Å². The van der Waals surface area contributed by atoms with E-state index in [1.165, 1.54) is 0 Å². The summed E-state index contributed by atoms with van der Waals surface area (Å²) >= 11 is 11.9. The first-order chi connectivity index (χ1) is 10.6. The molecule has 7 heteroatoms. The number of benzene rings is 1. The Morgan fingerprint density at radius 3 is 2.59 bits per heavy atom. The number of morpholine rings is 1. The predicted molar refractivity (Wildman–Crippen MR) is 85.8 cm³/mol. The Morgan fingerprint density at radius 1 is 1.27 bits per heavy atom. The Bertz CT molecular complexity index is 602. The van der Waals surface area contributed by atoms with E-state index in [1.807, 2.05) is 12.1 Å². The molecule has 2 saturated heterocycles. The smallest absolute Gasteiger partial charge is 0.227 e. The zero-order valence-electron chi connectivity index (χ0n) is 11.9. The fourth-order valence-corrected chi connectivity index (χ4v) is 3.27. The summed E-state index contributed by atoms with van der Waals surface area (Å²) in [5.41, 5.74) is 1.64. The van der Waals surface area contributed by atoms with Crippen LogP contribution in [-0.2, 0) is 14.3 Å². The van der Waals surface area contributed by atoms with Crippen molar-refractivity contribution in [3.63, 3.8) is 0 Å². The summed E-state index contributed by atoms with van der Waals surface area (Å²) in [4.78, 5) is 27.0. The maximum Gasteiger partial charge on any atom is 0.227 e. The van der Waals surface area contributed by atoms with Crippen LogP contribution in [0, 0.1) is 5.92 Å². The molecule has 2 fully saturated rings. The first kappa shape index (κ1) is 15.6. The van der Waals surface area contributed by atoms with Gasteiger partial charge in [0.15, 0.2) is 0 Å². The summed E-state index contributed by atoms with van der Waals surface area (Å²) in [5, 5.41) is 0.125. The Kier molecular flexibility index (Phi) is 4.57. The molecular weight excluding hydrogens is 327 g/mol. The van der Waals surface area contributed by atoms with E-state index in [4.69, 9.17) is 27.9 Å². The number of hydrogen-bond donors (Lipinski definition) is 0. The topological polar surface area (TPSA) is 49.9 Å². The van der Waals surface area contributed by atoms with Gasteiger partial charge < -0.3 is 14.5 Å². The molecule has 118 valence electrons. The minimum absolute atomic E-state index is 0.103. The number of anilines is 2. The third-order valence-electron chi connectivity index (χ3n) is 4.04. The van der Waals surface area contributed by atoms with Gasteiger partial charge in [-0.3, -0.25) is 9.59 Å². The summed E-state index contributed by atoms with van der Waals surface area (Å²) in [6, 6.07) is 5.53. The van der Waals surface area contributed by atoms with Crippen LogP contribution in [0.5, 0.6) is 0 Å². The van der Waals surface area contributed by atoms with Gasteiger partial charge in [-0.25, -0.2) is 0 Å². The second-order valence-electron chi connectivity index (χ2n) is 5.44. The third kappa shape index (κ3) is 3.07. The number of hydrogen-bond acceptors (Lipinski definition) is 4. The van der Waals surface area contributed by atoms with Crippen molar-refractivity contribution in [2.45, 2.75) is 6.42 Å². The molecule has 1 aromatic carbocycles. The van der Waals surface area contributed by atoms with Crippen LogP contribution in [0.1, 0.15) is 6.42 Å². The van der Waals surface area contributed by atoms with Crippen molar-refractivity contribution in [3.8, 4) is 0 Å². The Hall–Kier alpha value is -1.30. The van der Waals surface area contributed by atoms with E-state index >= 15 is 0 Å². The van der Waals surface area contributed by atoms with Crippen molar-refractivity contribution >= 4 is 45.7 Å². The first-order valence-electron chi connectivity index (χ1n) is 7.18. The second-order valence-corrected chi connectivity index (χ2v) is 6.22. The molecule has 0 radical (unpaired) electrons. The number of nitrogens with zero attached hydrogens (tertiary/aromatic N) is 2. The number of rotatable bonds is 3. The molecule has 0 unspecified atom stereocenters. The fourth-order valence-electron chi connectivity index (χ4n) is 2.83. The van der Waals surface area contributed by atoms with Gasteiger partial charge in [0.25, 0.3) is 0 Å². The van der Waals surface area contributed by atoms with Gasteiger partial charge in [-0.05, 0) is 29.8 Å². The lowest BCUT2D eigenvalue weighted by Crippen LogP contribution is -2.36. The highest BCUT2D eigenvalue weighted by molar-refractivity contribution is 6.64. The van der Waals surface area contributed by atoms with Crippen LogP contribution in [0.4, 0.5) is 11.4 Å². The van der Waals surface area contributed by atoms with Crippen molar-refractivity contribution in [3.05, 3.63) is 23.2 Å². The monoisotopic (exact) mass is 342 g/mol. The first-order valence-corrected chi connectivity index (χ1v) is 7.94. The predicted octanol–water partition coefficient (Wildman–Crippen LogP) is 2.29. The lowest BCUT2D eigenvalue weighted by atomic mass is 10.1. The van der Waals surface area contributed by atoms with E-state index in [0.717, 1.165) is 18.8 Å². The van der Waals surface area contributed by atoms with E-state index in [2.05, 4.69) is 4.90 Å². The lowest BCUT2D eigenvalue weighted by molar-refractivity contribution is -0.120. The summed E-state index contributed by atoms with van der Waals surface area (Å²) in [6.07, 6.45) is 0.158. The summed E-state index contributed by atoms with van der Waals surface area (Å²) in [5.74, 6) is -0.541. The van der Waals surface area contributed by atoms with Crippen molar-refractivity contribution in [2.24, 2.45) is 5.92 Å². The largest absolute Gasteiger partial charge is 0.378 e. The Labute approximate surface area is 138 Å². The van der Waals surface area contributed by atoms with Gasteiger partial charge in [-0.1, -0.05) is 11.6 Å².